The van der Waals surface area contributed by atoms with Crippen molar-refractivity contribution in [2.24, 2.45) is 0 Å². The van der Waals surface area contributed by atoms with Gasteiger partial charge in [-0.15, -0.1) is 0 Å². The molecule has 0 heterocycles. The summed E-state index contributed by atoms with van der Waals surface area (Å²) in [5.74, 6) is -2.11. The Kier molecular flexibility index (Phi) is 7.98. The fourth-order valence-corrected chi connectivity index (χ4v) is 3.24. The molecule has 3 aromatic rings. The average Bonchev–Trinajstić information content (AvgIpc) is 2.80. The molecule has 1 atom stereocenters. The highest BCUT2D eigenvalue weighted by Gasteiger charge is 2.26. The molecule has 1 N–H and O–H groups in total. The van der Waals surface area contributed by atoms with Crippen molar-refractivity contribution in [1.82, 2.24) is 0 Å². The number of carbonyl (C=O) groups excluding carboxylic acids is 3. The summed E-state index contributed by atoms with van der Waals surface area (Å²) in [5, 5.41) is 3.34. The third kappa shape index (κ3) is 6.15. The Morgan fingerprint density at radius 2 is 1.50 bits per heavy atom. The topological polar surface area (TPSA) is 72.5 Å². The maximum absolute atomic E-state index is 13.0. The highest BCUT2D eigenvalue weighted by atomic mass is 35.5. The fourth-order valence-electron chi connectivity index (χ4n) is 2.88. The van der Waals surface area contributed by atoms with E-state index in [4.69, 9.17) is 27.9 Å². The SMILES string of the molecule is O=C(COC(=O)[C@@H](CC(=O)c1ccccc1)Nc1cccc(Cl)c1Cl)c1ccc(F)cc1. The Balaban J connectivity index is 1.75. The van der Waals surface area contributed by atoms with Crippen LogP contribution in [0, 0.1) is 5.82 Å². The molecule has 0 aliphatic carbocycles. The maximum Gasteiger partial charge on any atom is 0.329 e. The first-order valence-corrected chi connectivity index (χ1v) is 10.3. The molecule has 0 radical (unpaired) electrons. The average molecular weight is 474 g/mol. The van der Waals surface area contributed by atoms with Gasteiger partial charge in [-0.1, -0.05) is 59.6 Å². The van der Waals surface area contributed by atoms with E-state index in [1.807, 2.05) is 0 Å². The molecule has 0 saturated heterocycles. The van der Waals surface area contributed by atoms with Crippen LogP contribution in [0.3, 0.4) is 0 Å². The van der Waals surface area contributed by atoms with E-state index in [1.165, 1.54) is 12.1 Å². The lowest BCUT2D eigenvalue weighted by atomic mass is 10.0. The normalized spacial score (nSPS) is 11.5. The number of halogens is 3. The predicted molar refractivity (Wildman–Crippen MR) is 121 cm³/mol. The van der Waals surface area contributed by atoms with E-state index in [0.29, 0.717) is 11.3 Å². The van der Waals surface area contributed by atoms with Crippen LogP contribution in [0.15, 0.2) is 72.8 Å². The van der Waals surface area contributed by atoms with Crippen molar-refractivity contribution in [1.29, 1.82) is 0 Å². The molecule has 0 amide bonds. The number of benzene rings is 3. The molecule has 0 spiro atoms. The smallest absolute Gasteiger partial charge is 0.329 e. The molecule has 3 rings (SSSR count). The van der Waals surface area contributed by atoms with Gasteiger partial charge in [-0.3, -0.25) is 9.59 Å². The lowest BCUT2D eigenvalue weighted by molar-refractivity contribution is -0.143. The van der Waals surface area contributed by atoms with Gasteiger partial charge in [-0.2, -0.15) is 0 Å². The molecule has 164 valence electrons. The van der Waals surface area contributed by atoms with Crippen molar-refractivity contribution in [3.8, 4) is 0 Å². The van der Waals surface area contributed by atoms with Crippen LogP contribution in [0.25, 0.3) is 0 Å². The number of carbonyl (C=O) groups is 3. The van der Waals surface area contributed by atoms with Crippen molar-refractivity contribution in [3.63, 3.8) is 0 Å². The van der Waals surface area contributed by atoms with Crippen LogP contribution in [0.1, 0.15) is 27.1 Å². The number of Topliss-reactive ketones (excluding diaryl/α,β-unsaturated/α-hetero) is 2. The number of ketones is 2. The first kappa shape index (κ1) is 23.4. The van der Waals surface area contributed by atoms with Crippen LogP contribution in [0.4, 0.5) is 10.1 Å². The van der Waals surface area contributed by atoms with Gasteiger partial charge in [0.1, 0.15) is 11.9 Å². The molecular weight excluding hydrogens is 456 g/mol. The molecule has 5 nitrogen and oxygen atoms in total. The summed E-state index contributed by atoms with van der Waals surface area (Å²) in [6, 6.07) is 17.0. The molecule has 0 unspecified atom stereocenters. The van der Waals surface area contributed by atoms with Crippen LogP contribution in [0.2, 0.25) is 10.0 Å². The van der Waals surface area contributed by atoms with Crippen LogP contribution < -0.4 is 5.32 Å². The third-order valence-corrected chi connectivity index (χ3v) is 5.38. The van der Waals surface area contributed by atoms with Gasteiger partial charge in [0.05, 0.1) is 15.7 Å². The lowest BCUT2D eigenvalue weighted by Crippen LogP contribution is -2.35. The molecule has 0 aliphatic heterocycles. The van der Waals surface area contributed by atoms with E-state index >= 15 is 0 Å². The zero-order valence-electron chi connectivity index (χ0n) is 16.7. The highest BCUT2D eigenvalue weighted by Crippen LogP contribution is 2.30. The van der Waals surface area contributed by atoms with E-state index in [1.54, 1.807) is 48.5 Å². The number of rotatable bonds is 9. The Bertz CT molecular complexity index is 1120. The van der Waals surface area contributed by atoms with Crippen molar-refractivity contribution >= 4 is 46.4 Å². The van der Waals surface area contributed by atoms with Gasteiger partial charge in [-0.25, -0.2) is 9.18 Å². The van der Waals surface area contributed by atoms with Crippen molar-refractivity contribution in [2.75, 3.05) is 11.9 Å². The van der Waals surface area contributed by atoms with Gasteiger partial charge < -0.3 is 10.1 Å². The number of anilines is 1. The first-order valence-electron chi connectivity index (χ1n) is 9.59. The Morgan fingerprint density at radius 1 is 0.844 bits per heavy atom. The first-order chi connectivity index (χ1) is 15.3. The number of hydrogen-bond acceptors (Lipinski definition) is 5. The summed E-state index contributed by atoms with van der Waals surface area (Å²) in [6.07, 6.45) is -0.240. The lowest BCUT2D eigenvalue weighted by Gasteiger charge is -2.19. The van der Waals surface area contributed by atoms with E-state index in [2.05, 4.69) is 5.32 Å². The van der Waals surface area contributed by atoms with E-state index < -0.39 is 30.2 Å². The third-order valence-electron chi connectivity index (χ3n) is 4.56. The van der Waals surface area contributed by atoms with Gasteiger partial charge in [-0.05, 0) is 36.4 Å². The minimum absolute atomic E-state index is 0.182. The van der Waals surface area contributed by atoms with E-state index in [0.717, 1.165) is 12.1 Å². The minimum atomic E-state index is -1.13. The molecule has 0 bridgehead atoms. The molecule has 0 aliphatic rings. The highest BCUT2D eigenvalue weighted by molar-refractivity contribution is 6.43. The largest absolute Gasteiger partial charge is 0.456 e. The quantitative estimate of drug-likeness (QED) is 0.322. The van der Waals surface area contributed by atoms with Gasteiger partial charge in [0, 0.05) is 17.5 Å². The molecule has 8 heteroatoms. The van der Waals surface area contributed by atoms with Gasteiger partial charge in [0.25, 0.3) is 0 Å². The summed E-state index contributed by atoms with van der Waals surface area (Å²) < 4.78 is 18.2. The standard InChI is InChI=1S/C24H18Cl2FNO4/c25-18-7-4-8-19(23(18)26)28-20(13-21(29)15-5-2-1-3-6-15)24(31)32-14-22(30)16-9-11-17(27)12-10-16/h1-12,20,28H,13-14H2/t20-/m1/s1. The molecule has 0 aromatic heterocycles. The second-order valence-electron chi connectivity index (χ2n) is 6.83. The van der Waals surface area contributed by atoms with Gasteiger partial charge in [0.2, 0.25) is 0 Å². The summed E-state index contributed by atoms with van der Waals surface area (Å²) in [5.41, 5.74) is 0.959. The minimum Gasteiger partial charge on any atom is -0.456 e. The zero-order valence-corrected chi connectivity index (χ0v) is 18.2. The monoisotopic (exact) mass is 473 g/mol. The second-order valence-corrected chi connectivity index (χ2v) is 7.61. The summed E-state index contributed by atoms with van der Waals surface area (Å²) in [7, 11) is 0. The van der Waals surface area contributed by atoms with Gasteiger partial charge in [0.15, 0.2) is 18.2 Å². The second kappa shape index (κ2) is 10.9. The molecule has 3 aromatic carbocycles. The summed E-state index contributed by atoms with van der Waals surface area (Å²) in [6.45, 7) is -0.564. The number of nitrogens with one attached hydrogen (secondary N) is 1. The van der Waals surface area contributed by atoms with Crippen molar-refractivity contribution < 1.29 is 23.5 Å². The van der Waals surface area contributed by atoms with Crippen molar-refractivity contribution in [3.05, 3.63) is 99.8 Å². The number of ether oxygens (including phenoxy) is 1. The Labute approximate surface area is 194 Å². The molecular formula is C24H18Cl2FNO4. The molecule has 0 fully saturated rings. The van der Waals surface area contributed by atoms with Gasteiger partial charge >= 0.3 is 5.97 Å². The van der Waals surface area contributed by atoms with Crippen molar-refractivity contribution in [2.45, 2.75) is 12.5 Å². The summed E-state index contributed by atoms with van der Waals surface area (Å²) >= 11 is 12.2. The maximum atomic E-state index is 13.0. The predicted octanol–water partition coefficient (Wildman–Crippen LogP) is 5.61. The number of esters is 1. The molecule has 32 heavy (non-hydrogen) atoms. The van der Waals surface area contributed by atoms with E-state index in [9.17, 15) is 18.8 Å². The van der Waals surface area contributed by atoms with E-state index in [-0.39, 0.29) is 27.8 Å². The number of hydrogen-bond donors (Lipinski definition) is 1. The molecule has 0 saturated carbocycles. The fraction of sp³-hybridized carbons (Fsp3) is 0.125. The van der Waals surface area contributed by atoms with Crippen LogP contribution in [-0.4, -0.2) is 30.2 Å². The van der Waals surface area contributed by atoms with Crippen LogP contribution in [0.5, 0.6) is 0 Å². The zero-order chi connectivity index (χ0) is 23.1. The van der Waals surface area contributed by atoms with Crippen LogP contribution >= 0.6 is 23.2 Å². The Hall–Kier alpha value is -3.22. The summed E-state index contributed by atoms with van der Waals surface area (Å²) in [4.78, 5) is 37.7. The van der Waals surface area contributed by atoms with Crippen LogP contribution in [-0.2, 0) is 9.53 Å². The Morgan fingerprint density at radius 3 is 2.19 bits per heavy atom.